The highest BCUT2D eigenvalue weighted by Crippen LogP contribution is 2.19. The molecule has 0 amide bonds. The number of hydrogen-bond acceptors (Lipinski definition) is 3. The summed E-state index contributed by atoms with van der Waals surface area (Å²) in [7, 11) is 0. The normalized spacial score (nSPS) is 12.7. The van der Waals surface area contributed by atoms with Gasteiger partial charge < -0.3 is 5.21 Å². The van der Waals surface area contributed by atoms with E-state index in [-0.39, 0.29) is 11.5 Å². The van der Waals surface area contributed by atoms with Gasteiger partial charge in [-0.2, -0.15) is 0 Å². The first-order chi connectivity index (χ1) is 7.56. The van der Waals surface area contributed by atoms with Crippen LogP contribution < -0.4 is 0 Å². The average Bonchev–Trinajstić information content (AvgIpc) is 2.26. The Hall–Kier alpha value is -1.61. The third-order valence-corrected chi connectivity index (χ3v) is 2.47. The molecule has 0 aliphatic carbocycles. The SMILES string of the molecule is CC(=O)C(=Cc1ccccc1Cl)C(C)=NO. The smallest absolute Gasteiger partial charge is 0.161 e. The topological polar surface area (TPSA) is 49.7 Å². The minimum atomic E-state index is -0.171. The largest absolute Gasteiger partial charge is 0.411 e. The second-order valence-corrected chi connectivity index (χ2v) is 3.73. The molecule has 1 aromatic carbocycles. The number of carbonyl (C=O) groups is 1. The van der Waals surface area contributed by atoms with Crippen molar-refractivity contribution in [2.24, 2.45) is 5.16 Å². The second-order valence-electron chi connectivity index (χ2n) is 3.32. The van der Waals surface area contributed by atoms with Crippen molar-refractivity contribution in [3.63, 3.8) is 0 Å². The van der Waals surface area contributed by atoms with Gasteiger partial charge in [0.1, 0.15) is 0 Å². The average molecular weight is 238 g/mol. The van der Waals surface area contributed by atoms with Gasteiger partial charge in [-0.1, -0.05) is 35.0 Å². The highest BCUT2D eigenvalue weighted by molar-refractivity contribution is 6.32. The van der Waals surface area contributed by atoms with Gasteiger partial charge in [-0.05, 0) is 31.6 Å². The minimum absolute atomic E-state index is 0.171. The van der Waals surface area contributed by atoms with Crippen LogP contribution in [0.5, 0.6) is 0 Å². The number of hydrogen-bond donors (Lipinski definition) is 1. The number of nitrogens with zero attached hydrogens (tertiary/aromatic N) is 1. The maximum atomic E-state index is 11.4. The predicted molar refractivity (Wildman–Crippen MR) is 65.0 cm³/mol. The molecule has 0 aliphatic heterocycles. The van der Waals surface area contributed by atoms with Gasteiger partial charge in [-0.3, -0.25) is 4.79 Å². The number of ketones is 1. The standard InChI is InChI=1S/C12H12ClNO2/c1-8(14-16)11(9(2)15)7-10-5-3-4-6-12(10)13/h3-7,16H,1-2H3. The Kier molecular flexibility index (Phi) is 4.26. The summed E-state index contributed by atoms with van der Waals surface area (Å²) in [6.45, 7) is 2.97. The molecule has 0 bridgehead atoms. The van der Waals surface area contributed by atoms with Crippen molar-refractivity contribution in [2.45, 2.75) is 13.8 Å². The summed E-state index contributed by atoms with van der Waals surface area (Å²) in [5.41, 5.74) is 1.33. The number of benzene rings is 1. The minimum Gasteiger partial charge on any atom is -0.411 e. The Labute approximate surface area is 99.0 Å². The van der Waals surface area contributed by atoms with E-state index < -0.39 is 0 Å². The molecular weight excluding hydrogens is 226 g/mol. The molecule has 0 spiro atoms. The van der Waals surface area contributed by atoms with Crippen LogP contribution in [-0.4, -0.2) is 16.7 Å². The van der Waals surface area contributed by atoms with Crippen LogP contribution in [-0.2, 0) is 4.79 Å². The Bertz CT molecular complexity index is 464. The summed E-state index contributed by atoms with van der Waals surface area (Å²) >= 11 is 5.96. The van der Waals surface area contributed by atoms with Crippen molar-refractivity contribution < 1.29 is 10.0 Å². The molecule has 0 unspecified atom stereocenters. The fraction of sp³-hybridized carbons (Fsp3) is 0.167. The van der Waals surface area contributed by atoms with E-state index in [9.17, 15) is 4.79 Å². The van der Waals surface area contributed by atoms with Crippen LogP contribution >= 0.6 is 11.6 Å². The molecule has 0 fully saturated rings. The third-order valence-electron chi connectivity index (χ3n) is 2.12. The highest BCUT2D eigenvalue weighted by Gasteiger charge is 2.09. The molecule has 0 heterocycles. The first-order valence-corrected chi connectivity index (χ1v) is 5.10. The van der Waals surface area contributed by atoms with E-state index in [4.69, 9.17) is 16.8 Å². The van der Waals surface area contributed by atoms with Crippen molar-refractivity contribution in [2.75, 3.05) is 0 Å². The van der Waals surface area contributed by atoms with Gasteiger partial charge in [0.2, 0.25) is 0 Å². The first-order valence-electron chi connectivity index (χ1n) is 4.72. The summed E-state index contributed by atoms with van der Waals surface area (Å²) in [6, 6.07) is 7.15. The lowest BCUT2D eigenvalue weighted by molar-refractivity contribution is -0.113. The molecule has 0 saturated carbocycles. The van der Waals surface area contributed by atoms with Gasteiger partial charge in [0.15, 0.2) is 5.78 Å². The van der Waals surface area contributed by atoms with Crippen molar-refractivity contribution in [1.29, 1.82) is 0 Å². The van der Waals surface area contributed by atoms with Crippen molar-refractivity contribution >= 4 is 29.2 Å². The van der Waals surface area contributed by atoms with Crippen LogP contribution in [0.25, 0.3) is 6.08 Å². The van der Waals surface area contributed by atoms with Crippen LogP contribution in [0.2, 0.25) is 5.02 Å². The van der Waals surface area contributed by atoms with Gasteiger partial charge in [0, 0.05) is 10.6 Å². The Morgan fingerprint density at radius 2 is 2.00 bits per heavy atom. The van der Waals surface area contributed by atoms with Crippen LogP contribution in [0.4, 0.5) is 0 Å². The molecule has 1 aromatic rings. The van der Waals surface area contributed by atoms with E-state index in [1.54, 1.807) is 31.2 Å². The summed E-state index contributed by atoms with van der Waals surface area (Å²) in [6.07, 6.45) is 1.61. The van der Waals surface area contributed by atoms with Crippen LogP contribution in [0.1, 0.15) is 19.4 Å². The van der Waals surface area contributed by atoms with E-state index in [1.165, 1.54) is 6.92 Å². The summed E-state index contributed by atoms with van der Waals surface area (Å²) in [5.74, 6) is -0.171. The number of Topliss-reactive ketones (excluding diaryl/α,β-unsaturated/α-hetero) is 1. The van der Waals surface area contributed by atoms with Crippen molar-refractivity contribution in [3.05, 3.63) is 40.4 Å². The maximum Gasteiger partial charge on any atom is 0.161 e. The van der Waals surface area contributed by atoms with Gasteiger partial charge in [0.05, 0.1) is 5.71 Å². The number of rotatable bonds is 3. The number of allylic oxidation sites excluding steroid dienone is 1. The Morgan fingerprint density at radius 1 is 1.38 bits per heavy atom. The van der Waals surface area contributed by atoms with Gasteiger partial charge in [0.25, 0.3) is 0 Å². The summed E-state index contributed by atoms with van der Waals surface area (Å²) in [5, 5.41) is 12.2. The zero-order chi connectivity index (χ0) is 12.1. The molecule has 0 atom stereocenters. The molecule has 0 aromatic heterocycles. The van der Waals surface area contributed by atoms with E-state index >= 15 is 0 Å². The highest BCUT2D eigenvalue weighted by atomic mass is 35.5. The monoisotopic (exact) mass is 237 g/mol. The van der Waals surface area contributed by atoms with Gasteiger partial charge in [-0.15, -0.1) is 0 Å². The van der Waals surface area contributed by atoms with Crippen LogP contribution in [0.15, 0.2) is 35.0 Å². The van der Waals surface area contributed by atoms with E-state index in [0.29, 0.717) is 10.6 Å². The van der Waals surface area contributed by atoms with E-state index in [1.807, 2.05) is 6.07 Å². The molecule has 1 N–H and O–H groups in total. The zero-order valence-corrected chi connectivity index (χ0v) is 9.82. The molecule has 16 heavy (non-hydrogen) atoms. The first kappa shape index (κ1) is 12.5. The molecule has 0 saturated heterocycles. The number of oxime groups is 1. The molecule has 4 heteroatoms. The molecular formula is C12H12ClNO2. The third kappa shape index (κ3) is 2.94. The Morgan fingerprint density at radius 3 is 2.50 bits per heavy atom. The molecule has 3 nitrogen and oxygen atoms in total. The lowest BCUT2D eigenvalue weighted by atomic mass is 10.0. The van der Waals surface area contributed by atoms with Gasteiger partial charge >= 0.3 is 0 Å². The fourth-order valence-corrected chi connectivity index (χ4v) is 1.45. The predicted octanol–water partition coefficient (Wildman–Crippen LogP) is 3.16. The molecule has 0 aliphatic rings. The van der Waals surface area contributed by atoms with Crippen molar-refractivity contribution in [1.82, 2.24) is 0 Å². The summed E-state index contributed by atoms with van der Waals surface area (Å²) in [4.78, 5) is 11.4. The quantitative estimate of drug-likeness (QED) is 0.380. The van der Waals surface area contributed by atoms with Gasteiger partial charge in [-0.25, -0.2) is 0 Å². The maximum absolute atomic E-state index is 11.4. The van der Waals surface area contributed by atoms with E-state index in [0.717, 1.165) is 5.56 Å². The second kappa shape index (κ2) is 5.47. The fourth-order valence-electron chi connectivity index (χ4n) is 1.26. The number of halogens is 1. The number of carbonyl (C=O) groups excluding carboxylic acids is 1. The van der Waals surface area contributed by atoms with Crippen LogP contribution in [0.3, 0.4) is 0 Å². The molecule has 84 valence electrons. The molecule has 0 radical (unpaired) electrons. The van der Waals surface area contributed by atoms with Crippen LogP contribution in [0, 0.1) is 0 Å². The zero-order valence-electron chi connectivity index (χ0n) is 9.07. The Balaban J connectivity index is 3.24. The summed E-state index contributed by atoms with van der Waals surface area (Å²) < 4.78 is 0. The lowest BCUT2D eigenvalue weighted by Crippen LogP contribution is -2.06. The molecule has 1 rings (SSSR count). The lowest BCUT2D eigenvalue weighted by Gasteiger charge is -2.03. The van der Waals surface area contributed by atoms with Crippen molar-refractivity contribution in [3.8, 4) is 0 Å². The van der Waals surface area contributed by atoms with E-state index in [2.05, 4.69) is 5.16 Å².